The van der Waals surface area contributed by atoms with E-state index < -0.39 is 11.1 Å². The lowest BCUT2D eigenvalue weighted by molar-refractivity contribution is -0.122. The Morgan fingerprint density at radius 2 is 2.03 bits per heavy atom. The molecule has 1 spiro atoms. The van der Waals surface area contributed by atoms with E-state index in [1.807, 2.05) is 48.5 Å². The van der Waals surface area contributed by atoms with Gasteiger partial charge in [0.2, 0.25) is 5.91 Å². The molecule has 2 fully saturated rings. The van der Waals surface area contributed by atoms with Crippen molar-refractivity contribution in [2.75, 3.05) is 24.5 Å². The number of hydrogen-bond acceptors (Lipinski definition) is 3. The molecule has 2 aromatic rings. The third-order valence-electron chi connectivity index (χ3n) is 8.34. The maximum Gasteiger partial charge on any atom is 0.239 e. The number of fused-ring (bicyclic) bond motifs is 2. The summed E-state index contributed by atoms with van der Waals surface area (Å²) in [5.41, 5.74) is 2.62. The Bertz CT molecular complexity index is 1170. The maximum absolute atomic E-state index is 15.9. The molecule has 2 aliphatic heterocycles. The lowest BCUT2D eigenvalue weighted by atomic mass is 9.80. The van der Waals surface area contributed by atoms with Crippen molar-refractivity contribution < 1.29 is 9.18 Å². The summed E-state index contributed by atoms with van der Waals surface area (Å²) in [6, 6.07) is 8.79. The van der Waals surface area contributed by atoms with Gasteiger partial charge in [0.15, 0.2) is 0 Å². The van der Waals surface area contributed by atoms with Gasteiger partial charge >= 0.3 is 0 Å². The predicted octanol–water partition coefficient (Wildman–Crippen LogP) is 4.40. The van der Waals surface area contributed by atoms with E-state index in [0.717, 1.165) is 41.9 Å². The van der Waals surface area contributed by atoms with Crippen molar-refractivity contribution in [2.24, 2.45) is 7.05 Å². The number of hydrogen-bond donors (Lipinski definition) is 0. The van der Waals surface area contributed by atoms with Crippen molar-refractivity contribution >= 4 is 17.2 Å². The molecule has 1 aromatic heterocycles. The SMILES string of the molecule is Cn1cc(C2=CC=C(CN3C(=O)C4(CCN(C5CCC5)C4)c4ccccc43)C(C)(F)C2)cn1. The zero-order valence-corrected chi connectivity index (χ0v) is 19.4. The Hall–Kier alpha value is -2.73. The summed E-state index contributed by atoms with van der Waals surface area (Å²) in [6.07, 6.45) is 12.5. The molecule has 1 aromatic carbocycles. The average molecular weight is 447 g/mol. The molecular formula is C27H31FN4O. The topological polar surface area (TPSA) is 41.4 Å². The molecule has 0 bridgehead atoms. The van der Waals surface area contributed by atoms with Crippen LogP contribution >= 0.6 is 0 Å². The summed E-state index contributed by atoms with van der Waals surface area (Å²) in [5, 5.41) is 4.22. The van der Waals surface area contributed by atoms with Gasteiger partial charge in [-0.15, -0.1) is 0 Å². The normalized spacial score (nSPS) is 29.9. The molecule has 1 amide bonds. The van der Waals surface area contributed by atoms with Gasteiger partial charge in [0.25, 0.3) is 0 Å². The van der Waals surface area contributed by atoms with E-state index >= 15 is 4.39 Å². The molecule has 5 nitrogen and oxygen atoms in total. The molecule has 0 N–H and O–H groups in total. The molecule has 172 valence electrons. The van der Waals surface area contributed by atoms with Gasteiger partial charge in [0.1, 0.15) is 5.67 Å². The predicted molar refractivity (Wildman–Crippen MR) is 128 cm³/mol. The summed E-state index contributed by atoms with van der Waals surface area (Å²) >= 11 is 0. The summed E-state index contributed by atoms with van der Waals surface area (Å²) in [5.74, 6) is 0.143. The number of aryl methyl sites for hydroxylation is 1. The first-order chi connectivity index (χ1) is 15.9. The highest BCUT2D eigenvalue weighted by Crippen LogP contribution is 2.49. The largest absolute Gasteiger partial charge is 0.307 e. The number of rotatable bonds is 4. The molecule has 2 atom stereocenters. The molecular weight excluding hydrogens is 415 g/mol. The van der Waals surface area contributed by atoms with Crippen LogP contribution in [0, 0.1) is 0 Å². The van der Waals surface area contributed by atoms with Crippen LogP contribution < -0.4 is 4.90 Å². The van der Waals surface area contributed by atoms with Gasteiger partial charge in [-0.3, -0.25) is 14.4 Å². The first-order valence-electron chi connectivity index (χ1n) is 12.1. The number of aromatic nitrogens is 2. The molecule has 4 aliphatic rings. The van der Waals surface area contributed by atoms with Crippen molar-refractivity contribution in [3.8, 4) is 0 Å². The maximum atomic E-state index is 15.9. The smallest absolute Gasteiger partial charge is 0.239 e. The van der Waals surface area contributed by atoms with Gasteiger partial charge in [0.05, 0.1) is 18.2 Å². The van der Waals surface area contributed by atoms with E-state index in [1.165, 1.54) is 19.3 Å². The summed E-state index contributed by atoms with van der Waals surface area (Å²) in [6.45, 7) is 3.70. The Kier molecular flexibility index (Phi) is 4.67. The zero-order valence-electron chi connectivity index (χ0n) is 19.4. The second-order valence-electron chi connectivity index (χ2n) is 10.5. The van der Waals surface area contributed by atoms with Gasteiger partial charge in [-0.05, 0) is 55.5 Å². The van der Waals surface area contributed by atoms with Crippen molar-refractivity contribution in [3.05, 3.63) is 65.5 Å². The van der Waals surface area contributed by atoms with Crippen molar-refractivity contribution in [1.82, 2.24) is 14.7 Å². The lowest BCUT2D eigenvalue weighted by Crippen LogP contribution is -2.46. The van der Waals surface area contributed by atoms with Crippen LogP contribution in [-0.4, -0.2) is 51.9 Å². The number of para-hydroxylation sites is 1. The molecule has 3 heterocycles. The average Bonchev–Trinajstić information content (AvgIpc) is 3.43. The first-order valence-corrected chi connectivity index (χ1v) is 12.1. The Morgan fingerprint density at radius 3 is 2.73 bits per heavy atom. The molecule has 1 saturated carbocycles. The fourth-order valence-corrected chi connectivity index (χ4v) is 6.13. The number of nitrogens with zero attached hydrogens (tertiary/aromatic N) is 4. The molecule has 2 aliphatic carbocycles. The molecule has 6 heteroatoms. The summed E-state index contributed by atoms with van der Waals surface area (Å²) in [4.78, 5) is 18.3. The van der Waals surface area contributed by atoms with Crippen molar-refractivity contribution in [3.63, 3.8) is 0 Å². The van der Waals surface area contributed by atoms with Crippen LogP contribution in [-0.2, 0) is 17.3 Å². The van der Waals surface area contributed by atoms with Crippen LogP contribution in [0.5, 0.6) is 0 Å². The molecule has 2 unspecified atom stereocenters. The third kappa shape index (κ3) is 3.22. The monoisotopic (exact) mass is 446 g/mol. The summed E-state index contributed by atoms with van der Waals surface area (Å²) in [7, 11) is 1.87. The van der Waals surface area contributed by atoms with Gasteiger partial charge in [-0.25, -0.2) is 4.39 Å². The van der Waals surface area contributed by atoms with Crippen LogP contribution in [0.4, 0.5) is 10.1 Å². The minimum Gasteiger partial charge on any atom is -0.307 e. The second kappa shape index (κ2) is 7.39. The number of halogens is 1. The number of likely N-dealkylation sites (tertiary alicyclic amines) is 1. The highest BCUT2D eigenvalue weighted by molar-refractivity contribution is 6.09. The van der Waals surface area contributed by atoms with Crippen molar-refractivity contribution in [1.29, 1.82) is 0 Å². The van der Waals surface area contributed by atoms with E-state index in [4.69, 9.17) is 0 Å². The fraction of sp³-hybridized carbons (Fsp3) is 0.481. The number of anilines is 1. The number of allylic oxidation sites excluding steroid dienone is 3. The van der Waals surface area contributed by atoms with Crippen LogP contribution in [0.25, 0.3) is 5.57 Å². The van der Waals surface area contributed by atoms with Gasteiger partial charge in [-0.1, -0.05) is 36.8 Å². The molecule has 6 rings (SSSR count). The minimum atomic E-state index is -1.52. The van der Waals surface area contributed by atoms with Crippen LogP contribution in [0.1, 0.15) is 50.2 Å². The van der Waals surface area contributed by atoms with Gasteiger partial charge < -0.3 is 4.90 Å². The van der Waals surface area contributed by atoms with Gasteiger partial charge in [-0.2, -0.15) is 5.10 Å². The number of alkyl halides is 1. The van der Waals surface area contributed by atoms with E-state index in [-0.39, 0.29) is 12.3 Å². The van der Waals surface area contributed by atoms with Crippen LogP contribution in [0.3, 0.4) is 0 Å². The highest BCUT2D eigenvalue weighted by atomic mass is 19.1. The number of carbonyl (C=O) groups excluding carboxylic acids is 1. The lowest BCUT2D eigenvalue weighted by Gasteiger charge is -2.36. The van der Waals surface area contributed by atoms with Crippen LogP contribution in [0.15, 0.2) is 54.4 Å². The first kappa shape index (κ1) is 20.8. The standard InChI is InChI=1S/C27H31FN4O/c1-26(28)14-19(20-15-29-30(2)16-20)10-11-21(26)17-32-24-9-4-3-8-23(24)27(25(32)33)12-13-31(18-27)22-6-5-7-22/h3-4,8-11,15-16,22H,5-7,12-14,17-18H2,1-2H3. The van der Waals surface area contributed by atoms with E-state index in [9.17, 15) is 4.79 Å². The third-order valence-corrected chi connectivity index (χ3v) is 8.34. The van der Waals surface area contributed by atoms with Crippen LogP contribution in [0.2, 0.25) is 0 Å². The van der Waals surface area contributed by atoms with E-state index in [1.54, 1.807) is 17.8 Å². The minimum absolute atomic E-state index is 0.143. The van der Waals surface area contributed by atoms with Gasteiger partial charge in [0, 0.05) is 43.5 Å². The number of amides is 1. The van der Waals surface area contributed by atoms with E-state index in [2.05, 4.69) is 16.1 Å². The molecule has 1 saturated heterocycles. The molecule has 0 radical (unpaired) electrons. The van der Waals surface area contributed by atoms with E-state index in [0.29, 0.717) is 18.2 Å². The Labute approximate surface area is 194 Å². The summed E-state index contributed by atoms with van der Waals surface area (Å²) < 4.78 is 17.7. The number of benzene rings is 1. The Morgan fingerprint density at radius 1 is 1.21 bits per heavy atom. The Balaban J connectivity index is 1.31. The molecule has 33 heavy (non-hydrogen) atoms. The zero-order chi connectivity index (χ0) is 22.8. The number of carbonyl (C=O) groups is 1. The fourth-order valence-electron chi connectivity index (χ4n) is 6.13. The second-order valence-corrected chi connectivity index (χ2v) is 10.5. The highest BCUT2D eigenvalue weighted by Gasteiger charge is 2.55. The van der Waals surface area contributed by atoms with Crippen molar-refractivity contribution in [2.45, 2.75) is 56.2 Å². The quantitative estimate of drug-likeness (QED) is 0.699.